The lowest BCUT2D eigenvalue weighted by Gasteiger charge is -2.27. The summed E-state index contributed by atoms with van der Waals surface area (Å²) in [5, 5.41) is 32.4. The number of alkyl halides is 3. The number of carbonyl (C=O) groups is 1. The number of rotatable bonds is 13. The summed E-state index contributed by atoms with van der Waals surface area (Å²) < 4.78 is 62.5. The van der Waals surface area contributed by atoms with Gasteiger partial charge < -0.3 is 25.0 Å². The predicted molar refractivity (Wildman–Crippen MR) is 199 cm³/mol. The SMILES string of the molecule is CC(C)c1cc(F)ccc1N1C(=NC(O)NC(Cc2ccc(-c3ncn(-c4ccc(OC(F)(F)F)cc4)n3)cc2)NC(=O)OCc2ccccc2)SCC1O. The second kappa shape index (κ2) is 17.3. The number of hydrogen-bond acceptors (Lipinski definition) is 10. The number of halogens is 4. The fourth-order valence-electron chi connectivity index (χ4n) is 5.72. The number of hydrogen-bond donors (Lipinski definition) is 4. The van der Waals surface area contributed by atoms with E-state index in [1.165, 1.54) is 59.2 Å². The van der Waals surface area contributed by atoms with E-state index in [2.05, 4.69) is 30.4 Å². The summed E-state index contributed by atoms with van der Waals surface area (Å²) in [4.78, 5) is 23.2. The van der Waals surface area contributed by atoms with Crippen molar-refractivity contribution >= 4 is 28.7 Å². The maximum absolute atomic E-state index is 14.2. The van der Waals surface area contributed by atoms with Crippen molar-refractivity contribution in [3.63, 3.8) is 0 Å². The lowest BCUT2D eigenvalue weighted by atomic mass is 10.00. The summed E-state index contributed by atoms with van der Waals surface area (Å²) in [7, 11) is 0. The number of aliphatic hydroxyl groups excluding tert-OH is 2. The number of carbonyl (C=O) groups excluding carboxylic acids is 1. The van der Waals surface area contributed by atoms with Crippen LogP contribution in [0.4, 0.5) is 28.0 Å². The van der Waals surface area contributed by atoms with Crippen molar-refractivity contribution in [2.45, 2.75) is 57.9 Å². The fraction of sp³-hybridized carbons (Fsp3) is 0.263. The van der Waals surface area contributed by atoms with Crippen LogP contribution in [0.3, 0.4) is 0 Å². The molecule has 1 saturated heterocycles. The number of amides is 1. The number of aliphatic hydroxyl groups is 2. The third-order valence-corrected chi connectivity index (χ3v) is 9.33. The first-order valence-electron chi connectivity index (χ1n) is 17.1. The molecule has 3 unspecified atom stereocenters. The maximum atomic E-state index is 14.2. The molecule has 0 aliphatic carbocycles. The summed E-state index contributed by atoms with van der Waals surface area (Å²) in [6, 6.07) is 25.7. The zero-order chi connectivity index (χ0) is 39.1. The number of aliphatic imine (C=N–C) groups is 1. The number of nitrogens with one attached hydrogen (secondary N) is 2. The van der Waals surface area contributed by atoms with Gasteiger partial charge in [-0.1, -0.05) is 80.2 Å². The lowest BCUT2D eigenvalue weighted by Crippen LogP contribution is -2.51. The van der Waals surface area contributed by atoms with Crippen molar-refractivity contribution in [1.29, 1.82) is 0 Å². The van der Waals surface area contributed by atoms with E-state index in [0.717, 1.165) is 11.1 Å². The van der Waals surface area contributed by atoms with Crippen LogP contribution in [-0.2, 0) is 17.8 Å². The summed E-state index contributed by atoms with van der Waals surface area (Å²) in [5.41, 5.74) is 3.86. The number of anilines is 1. The van der Waals surface area contributed by atoms with Crippen molar-refractivity contribution < 1.29 is 42.0 Å². The van der Waals surface area contributed by atoms with Crippen LogP contribution in [0.25, 0.3) is 17.1 Å². The van der Waals surface area contributed by atoms with Gasteiger partial charge in [0, 0.05) is 23.4 Å². The molecule has 5 aromatic rings. The molecule has 4 aromatic carbocycles. The Hall–Kier alpha value is -5.49. The van der Waals surface area contributed by atoms with Crippen molar-refractivity contribution in [3.05, 3.63) is 126 Å². The molecule has 1 fully saturated rings. The van der Waals surface area contributed by atoms with Gasteiger partial charge in [-0.05, 0) is 65.1 Å². The van der Waals surface area contributed by atoms with Crippen molar-refractivity contribution in [2.24, 2.45) is 4.99 Å². The normalized spacial score (nSPS) is 16.3. The zero-order valence-corrected chi connectivity index (χ0v) is 30.3. The average molecular weight is 780 g/mol. The van der Waals surface area contributed by atoms with E-state index in [1.54, 1.807) is 35.2 Å². The summed E-state index contributed by atoms with van der Waals surface area (Å²) >= 11 is 1.22. The molecule has 288 valence electrons. The molecule has 3 atom stereocenters. The third-order valence-electron chi connectivity index (χ3n) is 8.30. The standard InChI is InChI=1S/C38H37F4N7O5S/c1-23(2)30-19-27(39)12-17-31(30)49-33(50)21-55-36(49)46-35(51)44-32(45-37(52)53-20-25-6-4-3-5-7-25)18-24-8-10-26(11-9-24)34-43-22-48(47-34)28-13-15-29(16-14-28)54-38(40,41)42/h3-17,19,22-23,32-33,35,44,50-51H,18,20-21H2,1-2H3,(H,45,52). The first kappa shape index (κ1) is 39.2. The third kappa shape index (κ3) is 10.6. The molecule has 4 N–H and O–H groups in total. The van der Waals surface area contributed by atoms with Gasteiger partial charge in [-0.3, -0.25) is 10.2 Å². The van der Waals surface area contributed by atoms with E-state index in [1.807, 2.05) is 44.2 Å². The predicted octanol–water partition coefficient (Wildman–Crippen LogP) is 6.68. The number of thioether (sulfide) groups is 1. The molecule has 0 bridgehead atoms. The number of benzene rings is 4. The van der Waals surface area contributed by atoms with Gasteiger partial charge in [0.25, 0.3) is 0 Å². The molecule has 0 saturated carbocycles. The van der Waals surface area contributed by atoms with E-state index < -0.39 is 37.0 Å². The quantitative estimate of drug-likeness (QED) is 0.0754. The molecule has 55 heavy (non-hydrogen) atoms. The maximum Gasteiger partial charge on any atom is 0.573 e. The molecule has 0 radical (unpaired) electrons. The highest BCUT2D eigenvalue weighted by Gasteiger charge is 2.33. The van der Waals surface area contributed by atoms with Crippen LogP contribution in [-0.4, -0.2) is 67.1 Å². The largest absolute Gasteiger partial charge is 0.573 e. The van der Waals surface area contributed by atoms with Crippen LogP contribution in [0.5, 0.6) is 5.75 Å². The highest BCUT2D eigenvalue weighted by atomic mass is 32.2. The van der Waals surface area contributed by atoms with E-state index >= 15 is 0 Å². The fourth-order valence-corrected chi connectivity index (χ4v) is 6.70. The van der Waals surface area contributed by atoms with Gasteiger partial charge in [-0.2, -0.15) is 0 Å². The minimum atomic E-state index is -4.80. The average Bonchev–Trinajstić information content (AvgIpc) is 3.78. The molecule has 1 aliphatic rings. The number of aromatic nitrogens is 3. The highest BCUT2D eigenvalue weighted by Crippen LogP contribution is 2.35. The molecule has 1 amide bonds. The second-order valence-electron chi connectivity index (χ2n) is 12.7. The molecular weight excluding hydrogens is 743 g/mol. The Bertz CT molecular complexity index is 2080. The summed E-state index contributed by atoms with van der Waals surface area (Å²) in [6.45, 7) is 3.84. The molecular formula is C38H37F4N7O5S. The van der Waals surface area contributed by atoms with Crippen molar-refractivity contribution in [2.75, 3.05) is 10.7 Å². The molecule has 1 aliphatic heterocycles. The number of alkyl carbamates (subject to hydrolysis) is 1. The zero-order valence-electron chi connectivity index (χ0n) is 29.5. The second-order valence-corrected chi connectivity index (χ2v) is 13.7. The van der Waals surface area contributed by atoms with Crippen LogP contribution in [0.15, 0.2) is 108 Å². The Morgan fingerprint density at radius 3 is 2.44 bits per heavy atom. The first-order valence-corrected chi connectivity index (χ1v) is 18.1. The van der Waals surface area contributed by atoms with Gasteiger partial charge in [0.05, 0.1) is 11.9 Å². The minimum Gasteiger partial charge on any atom is -0.445 e. The smallest absolute Gasteiger partial charge is 0.445 e. The van der Waals surface area contributed by atoms with Crippen LogP contribution in [0, 0.1) is 5.82 Å². The van der Waals surface area contributed by atoms with Crippen LogP contribution >= 0.6 is 11.8 Å². The van der Waals surface area contributed by atoms with Crippen molar-refractivity contribution in [3.8, 4) is 22.8 Å². The van der Waals surface area contributed by atoms with Gasteiger partial charge in [0.15, 0.2) is 11.0 Å². The Balaban J connectivity index is 1.17. The minimum absolute atomic E-state index is 0.0173. The van der Waals surface area contributed by atoms with Gasteiger partial charge in [-0.25, -0.2) is 23.8 Å². The summed E-state index contributed by atoms with van der Waals surface area (Å²) in [5.74, 6) is -0.219. The Morgan fingerprint density at radius 2 is 1.75 bits per heavy atom. The van der Waals surface area contributed by atoms with Crippen LogP contribution in [0.2, 0.25) is 0 Å². The molecule has 12 nitrogen and oxygen atoms in total. The molecule has 17 heteroatoms. The van der Waals surface area contributed by atoms with Gasteiger partial charge >= 0.3 is 12.5 Å². The topological polar surface area (TPSA) is 146 Å². The molecule has 0 spiro atoms. The van der Waals surface area contributed by atoms with E-state index in [4.69, 9.17) is 4.74 Å². The van der Waals surface area contributed by atoms with E-state index in [0.29, 0.717) is 33.5 Å². The number of amidine groups is 1. The van der Waals surface area contributed by atoms with Crippen LogP contribution < -0.4 is 20.3 Å². The molecule has 2 heterocycles. The van der Waals surface area contributed by atoms with Crippen molar-refractivity contribution in [1.82, 2.24) is 25.4 Å². The van der Waals surface area contributed by atoms with E-state index in [-0.39, 0.29) is 30.4 Å². The Labute approximate surface area is 317 Å². The van der Waals surface area contributed by atoms with Gasteiger partial charge in [-0.15, -0.1) is 18.3 Å². The van der Waals surface area contributed by atoms with Crippen LogP contribution in [0.1, 0.15) is 36.5 Å². The first-order chi connectivity index (χ1) is 26.3. The highest BCUT2D eigenvalue weighted by molar-refractivity contribution is 8.14. The Morgan fingerprint density at radius 1 is 1.02 bits per heavy atom. The van der Waals surface area contributed by atoms with E-state index in [9.17, 15) is 32.6 Å². The number of nitrogens with zero attached hydrogens (tertiary/aromatic N) is 5. The number of ether oxygens (including phenoxy) is 2. The monoisotopic (exact) mass is 779 g/mol. The Kier molecular flexibility index (Phi) is 12.3. The van der Waals surface area contributed by atoms with Gasteiger partial charge in [0.2, 0.25) is 6.35 Å². The summed E-state index contributed by atoms with van der Waals surface area (Å²) in [6.07, 6.45) is -7.35. The van der Waals surface area contributed by atoms with Gasteiger partial charge in [0.1, 0.15) is 30.7 Å². The molecule has 1 aromatic heterocycles. The lowest BCUT2D eigenvalue weighted by molar-refractivity contribution is -0.274. The molecule has 6 rings (SSSR count).